The minimum atomic E-state index is 0.605. The molecule has 0 aromatic carbocycles. The highest BCUT2D eigenvalue weighted by molar-refractivity contribution is 7.99. The quantitative estimate of drug-likeness (QED) is 0.677. The van der Waals surface area contributed by atoms with Gasteiger partial charge in [0, 0.05) is 18.8 Å². The maximum absolute atomic E-state index is 5.55. The average molecular weight is 169 g/mol. The van der Waals surface area contributed by atoms with Crippen LogP contribution >= 0.6 is 11.8 Å². The van der Waals surface area contributed by atoms with Crippen molar-refractivity contribution in [2.75, 3.05) is 5.75 Å². The van der Waals surface area contributed by atoms with Crippen LogP contribution in [0.25, 0.3) is 0 Å². The van der Waals surface area contributed by atoms with Gasteiger partial charge in [-0.3, -0.25) is 0 Å². The van der Waals surface area contributed by atoms with E-state index in [-0.39, 0.29) is 0 Å². The fraction of sp³-hybridized carbons (Fsp3) is 0.571. The number of imidazole rings is 1. The number of nitrogens with two attached hydrogens (primary N) is 1. The molecule has 0 fully saturated rings. The molecule has 0 radical (unpaired) electrons. The van der Waals surface area contributed by atoms with E-state index in [0.717, 1.165) is 17.4 Å². The molecule has 0 saturated carbocycles. The second-order valence-corrected chi connectivity index (χ2v) is 3.65. The van der Waals surface area contributed by atoms with Crippen LogP contribution in [0.1, 0.15) is 12.1 Å². The normalized spacial score (nSPS) is 16.5. The summed E-state index contributed by atoms with van der Waals surface area (Å²) in [6.45, 7) is 1.70. The van der Waals surface area contributed by atoms with Crippen LogP contribution in [0.2, 0.25) is 0 Å². The Hall–Kier alpha value is -0.480. The minimum absolute atomic E-state index is 0.605. The Morgan fingerprint density at radius 2 is 2.64 bits per heavy atom. The predicted molar refractivity (Wildman–Crippen MR) is 45.5 cm³/mol. The zero-order valence-corrected chi connectivity index (χ0v) is 7.10. The van der Waals surface area contributed by atoms with Crippen molar-refractivity contribution < 1.29 is 0 Å². The van der Waals surface area contributed by atoms with Gasteiger partial charge < -0.3 is 10.3 Å². The molecule has 0 unspecified atom stereocenters. The summed E-state index contributed by atoms with van der Waals surface area (Å²) in [7, 11) is 0. The Morgan fingerprint density at radius 3 is 3.45 bits per heavy atom. The standard InChI is InChI=1S/C7H11N3S/c8-4-6-5-9-7-10(6)2-1-3-11-7/h5H,1-4,8H2. The number of rotatable bonds is 1. The van der Waals surface area contributed by atoms with Gasteiger partial charge in [0.2, 0.25) is 0 Å². The Labute approximate surface area is 70.0 Å². The van der Waals surface area contributed by atoms with Crippen LogP contribution in [0.15, 0.2) is 11.4 Å². The second-order valence-electron chi connectivity index (χ2n) is 2.59. The van der Waals surface area contributed by atoms with E-state index < -0.39 is 0 Å². The molecule has 0 spiro atoms. The first kappa shape index (κ1) is 7.18. The van der Waals surface area contributed by atoms with E-state index in [0.29, 0.717) is 6.54 Å². The van der Waals surface area contributed by atoms with Crippen LogP contribution in [0.4, 0.5) is 0 Å². The molecule has 11 heavy (non-hydrogen) atoms. The molecule has 1 aromatic heterocycles. The minimum Gasteiger partial charge on any atom is -0.325 e. The van der Waals surface area contributed by atoms with Gasteiger partial charge in [-0.05, 0) is 6.42 Å². The fourth-order valence-corrected chi connectivity index (χ4v) is 2.24. The Bertz CT molecular complexity index is 243. The molecule has 0 bridgehead atoms. The molecule has 2 heterocycles. The van der Waals surface area contributed by atoms with Gasteiger partial charge in [-0.2, -0.15) is 0 Å². The van der Waals surface area contributed by atoms with E-state index >= 15 is 0 Å². The number of hydrogen-bond donors (Lipinski definition) is 1. The van der Waals surface area contributed by atoms with Crippen molar-refractivity contribution in [2.45, 2.75) is 24.7 Å². The maximum Gasteiger partial charge on any atom is 0.168 e. The molecule has 0 atom stereocenters. The van der Waals surface area contributed by atoms with Crippen molar-refractivity contribution in [1.82, 2.24) is 9.55 Å². The molecule has 1 aliphatic heterocycles. The van der Waals surface area contributed by atoms with Gasteiger partial charge in [-0.15, -0.1) is 0 Å². The second kappa shape index (κ2) is 2.87. The average Bonchev–Trinajstić information content (AvgIpc) is 2.47. The first-order valence-electron chi connectivity index (χ1n) is 3.79. The van der Waals surface area contributed by atoms with Gasteiger partial charge in [0.05, 0.1) is 11.9 Å². The van der Waals surface area contributed by atoms with E-state index in [1.165, 1.54) is 12.2 Å². The molecule has 60 valence electrons. The first-order chi connectivity index (χ1) is 5.42. The Morgan fingerprint density at radius 1 is 1.73 bits per heavy atom. The van der Waals surface area contributed by atoms with Crippen LogP contribution in [-0.4, -0.2) is 15.3 Å². The van der Waals surface area contributed by atoms with Crippen LogP contribution in [0.5, 0.6) is 0 Å². The highest BCUT2D eigenvalue weighted by Crippen LogP contribution is 2.24. The lowest BCUT2D eigenvalue weighted by atomic mass is 10.4. The molecular weight excluding hydrogens is 158 g/mol. The zero-order valence-electron chi connectivity index (χ0n) is 6.29. The lowest BCUT2D eigenvalue weighted by Gasteiger charge is -2.14. The van der Waals surface area contributed by atoms with Gasteiger partial charge in [0.25, 0.3) is 0 Å². The van der Waals surface area contributed by atoms with Crippen molar-refractivity contribution in [3.05, 3.63) is 11.9 Å². The van der Waals surface area contributed by atoms with E-state index in [1.807, 2.05) is 18.0 Å². The van der Waals surface area contributed by atoms with Crippen LogP contribution in [0.3, 0.4) is 0 Å². The summed E-state index contributed by atoms with van der Waals surface area (Å²) in [5.74, 6) is 1.20. The monoisotopic (exact) mass is 169 g/mol. The summed E-state index contributed by atoms with van der Waals surface area (Å²) >= 11 is 1.82. The van der Waals surface area contributed by atoms with Crippen molar-refractivity contribution in [3.8, 4) is 0 Å². The molecule has 2 N–H and O–H groups in total. The van der Waals surface area contributed by atoms with Crippen molar-refractivity contribution in [2.24, 2.45) is 5.73 Å². The number of hydrogen-bond acceptors (Lipinski definition) is 3. The highest BCUT2D eigenvalue weighted by atomic mass is 32.2. The lowest BCUT2D eigenvalue weighted by Crippen LogP contribution is -2.12. The van der Waals surface area contributed by atoms with Crippen LogP contribution in [0, 0.1) is 0 Å². The third-order valence-electron chi connectivity index (χ3n) is 1.87. The molecular formula is C7H11N3S. The van der Waals surface area contributed by atoms with E-state index in [1.54, 1.807) is 0 Å². The molecule has 0 amide bonds. The van der Waals surface area contributed by atoms with Crippen molar-refractivity contribution >= 4 is 11.8 Å². The summed E-state index contributed by atoms with van der Waals surface area (Å²) in [6.07, 6.45) is 3.12. The summed E-state index contributed by atoms with van der Waals surface area (Å²) in [5, 5.41) is 1.14. The largest absolute Gasteiger partial charge is 0.325 e. The molecule has 2 rings (SSSR count). The van der Waals surface area contributed by atoms with Crippen LogP contribution < -0.4 is 5.73 Å². The highest BCUT2D eigenvalue weighted by Gasteiger charge is 2.12. The van der Waals surface area contributed by atoms with Gasteiger partial charge in [0.1, 0.15) is 0 Å². The summed E-state index contributed by atoms with van der Waals surface area (Å²) in [4.78, 5) is 4.27. The third-order valence-corrected chi connectivity index (χ3v) is 2.94. The van der Waals surface area contributed by atoms with Crippen molar-refractivity contribution in [1.29, 1.82) is 0 Å². The number of thioether (sulfide) groups is 1. The molecule has 3 nitrogen and oxygen atoms in total. The maximum atomic E-state index is 5.55. The molecule has 1 aromatic rings. The predicted octanol–water partition coefficient (Wildman–Crippen LogP) is 0.838. The summed E-state index contributed by atoms with van der Waals surface area (Å²) in [6, 6.07) is 0. The Balaban J connectivity index is 2.38. The van der Waals surface area contributed by atoms with E-state index in [4.69, 9.17) is 5.73 Å². The van der Waals surface area contributed by atoms with Gasteiger partial charge >= 0.3 is 0 Å². The number of fused-ring (bicyclic) bond motifs is 1. The van der Waals surface area contributed by atoms with Gasteiger partial charge in [-0.25, -0.2) is 4.98 Å². The molecule has 0 saturated heterocycles. The number of aromatic nitrogens is 2. The zero-order chi connectivity index (χ0) is 7.68. The first-order valence-corrected chi connectivity index (χ1v) is 4.77. The topological polar surface area (TPSA) is 43.8 Å². The fourth-order valence-electron chi connectivity index (χ4n) is 1.30. The molecule has 0 aliphatic carbocycles. The Kier molecular flexibility index (Phi) is 1.87. The molecule has 1 aliphatic rings. The smallest absolute Gasteiger partial charge is 0.168 e. The molecule has 4 heteroatoms. The van der Waals surface area contributed by atoms with Crippen LogP contribution in [-0.2, 0) is 13.1 Å². The number of nitrogens with zero attached hydrogens (tertiary/aromatic N) is 2. The van der Waals surface area contributed by atoms with Gasteiger partial charge in [0.15, 0.2) is 5.16 Å². The van der Waals surface area contributed by atoms with Gasteiger partial charge in [-0.1, -0.05) is 11.8 Å². The van der Waals surface area contributed by atoms with E-state index in [2.05, 4.69) is 9.55 Å². The summed E-state index contributed by atoms with van der Waals surface area (Å²) < 4.78 is 2.22. The SMILES string of the molecule is NCc1cnc2n1CCCS2. The lowest BCUT2D eigenvalue weighted by molar-refractivity contribution is 0.582. The van der Waals surface area contributed by atoms with Crippen molar-refractivity contribution in [3.63, 3.8) is 0 Å². The van der Waals surface area contributed by atoms with E-state index in [9.17, 15) is 0 Å². The summed E-state index contributed by atoms with van der Waals surface area (Å²) in [5.41, 5.74) is 6.71. The third kappa shape index (κ3) is 1.16.